The number of carbonyl (C=O) groups is 1. The number of amides is 1. The van der Waals surface area contributed by atoms with Crippen LogP contribution in [0.1, 0.15) is 21.3 Å². The monoisotopic (exact) mass is 444 g/mol. The lowest BCUT2D eigenvalue weighted by molar-refractivity contribution is -0.384. The first-order valence-corrected chi connectivity index (χ1v) is 10.9. The molecule has 0 saturated carbocycles. The Morgan fingerprint density at radius 1 is 1.00 bits per heavy atom. The lowest BCUT2D eigenvalue weighted by atomic mass is 10.2. The van der Waals surface area contributed by atoms with Crippen LogP contribution in [0.5, 0.6) is 0 Å². The van der Waals surface area contributed by atoms with Crippen molar-refractivity contribution in [1.29, 1.82) is 0 Å². The summed E-state index contributed by atoms with van der Waals surface area (Å²) in [6.07, 6.45) is 0. The van der Waals surface area contributed by atoms with Crippen LogP contribution < -0.4 is 5.32 Å². The molecule has 3 rings (SSSR count). The van der Waals surface area contributed by atoms with Gasteiger partial charge in [0.2, 0.25) is 0 Å². The van der Waals surface area contributed by atoms with Crippen molar-refractivity contribution in [3.63, 3.8) is 0 Å². The number of nitro benzene ring substituents is 1. The third-order valence-corrected chi connectivity index (χ3v) is 6.63. The van der Waals surface area contributed by atoms with E-state index in [1.807, 2.05) is 6.07 Å². The molecule has 0 aliphatic carbocycles. The molecule has 0 saturated heterocycles. The quantitative estimate of drug-likeness (QED) is 0.325. The van der Waals surface area contributed by atoms with Crippen LogP contribution in [0.2, 0.25) is 0 Å². The number of benzene rings is 3. The molecule has 1 atom stereocenters. The molecule has 0 unspecified atom stereocenters. The third-order valence-electron chi connectivity index (χ3n) is 4.30. The molecule has 0 fully saturated rings. The molecule has 154 valence electrons. The Morgan fingerprint density at radius 2 is 1.70 bits per heavy atom. The normalized spacial score (nSPS) is 12.2. The number of nitro groups is 1. The maximum absolute atomic E-state index is 12.8. The summed E-state index contributed by atoms with van der Waals surface area (Å²) in [5.41, 5.74) is 0.848. The van der Waals surface area contributed by atoms with Crippen molar-refractivity contribution in [2.45, 2.75) is 10.3 Å². The minimum Gasteiger partial charge on any atom is -0.322 e. The van der Waals surface area contributed by atoms with Gasteiger partial charge in [-0.25, -0.2) is 8.42 Å². The number of nitrogens with zero attached hydrogens (tertiary/aromatic N) is 1. The molecule has 0 spiro atoms. The molecule has 1 N–H and O–H groups in total. The van der Waals surface area contributed by atoms with Crippen molar-refractivity contribution in [3.05, 3.63) is 100 Å². The van der Waals surface area contributed by atoms with Crippen LogP contribution in [0.25, 0.3) is 0 Å². The summed E-state index contributed by atoms with van der Waals surface area (Å²) in [5, 5.41) is 12.7. The lowest BCUT2D eigenvalue weighted by Gasteiger charge is -2.12. The Kier molecular flexibility index (Phi) is 6.49. The molecular weight excluding hydrogens is 428 g/mol. The molecule has 0 aliphatic heterocycles. The van der Waals surface area contributed by atoms with Gasteiger partial charge in [0.1, 0.15) is 0 Å². The number of hydrogen-bond acceptors (Lipinski definition) is 5. The van der Waals surface area contributed by atoms with Crippen molar-refractivity contribution >= 4 is 38.7 Å². The second-order valence-electron chi connectivity index (χ2n) is 6.45. The van der Waals surface area contributed by atoms with Crippen molar-refractivity contribution in [1.82, 2.24) is 0 Å². The van der Waals surface area contributed by atoms with E-state index in [4.69, 9.17) is 11.6 Å². The van der Waals surface area contributed by atoms with Gasteiger partial charge in [0.15, 0.2) is 9.84 Å². The van der Waals surface area contributed by atoms with Gasteiger partial charge in [0.25, 0.3) is 11.6 Å². The Bertz CT molecular complexity index is 1180. The maximum atomic E-state index is 12.8. The summed E-state index contributed by atoms with van der Waals surface area (Å²) in [4.78, 5) is 22.8. The first-order valence-electron chi connectivity index (χ1n) is 8.84. The van der Waals surface area contributed by atoms with E-state index < -0.39 is 26.0 Å². The number of hydrogen-bond donors (Lipinski definition) is 1. The lowest BCUT2D eigenvalue weighted by Crippen LogP contribution is -2.15. The summed E-state index contributed by atoms with van der Waals surface area (Å²) in [6.45, 7) is 0. The van der Waals surface area contributed by atoms with Crippen LogP contribution in [0.3, 0.4) is 0 Å². The highest BCUT2D eigenvalue weighted by molar-refractivity contribution is 7.91. The number of nitrogens with one attached hydrogen (secondary N) is 1. The summed E-state index contributed by atoms with van der Waals surface area (Å²) in [5.74, 6) is -0.910. The van der Waals surface area contributed by atoms with E-state index in [1.54, 1.807) is 24.3 Å². The zero-order valence-electron chi connectivity index (χ0n) is 15.6. The number of rotatable bonds is 7. The van der Waals surface area contributed by atoms with E-state index >= 15 is 0 Å². The molecule has 0 bridgehead atoms. The molecular formula is C21H17ClN2O5S. The number of anilines is 1. The van der Waals surface area contributed by atoms with Crippen LogP contribution in [0.15, 0.2) is 83.8 Å². The zero-order chi connectivity index (χ0) is 21.7. The number of carbonyl (C=O) groups excluding carboxylic acids is 1. The standard InChI is InChI=1S/C21H17ClN2O5S/c22-20(15-6-2-1-3-7-15)14-30(28,29)19-11-4-8-16(12-19)21(25)23-17-9-5-10-18(13-17)24(26)27/h1-13,20H,14H2,(H,23,25)/t20-/m1/s1. The second-order valence-corrected chi connectivity index (χ2v) is 9.01. The smallest absolute Gasteiger partial charge is 0.271 e. The molecule has 7 nitrogen and oxygen atoms in total. The summed E-state index contributed by atoms with van der Waals surface area (Å²) < 4.78 is 25.6. The fourth-order valence-corrected chi connectivity index (χ4v) is 4.78. The molecule has 30 heavy (non-hydrogen) atoms. The molecule has 0 radical (unpaired) electrons. The van der Waals surface area contributed by atoms with E-state index in [2.05, 4.69) is 5.32 Å². The molecule has 1 amide bonds. The minimum atomic E-state index is -3.76. The summed E-state index contributed by atoms with van der Waals surface area (Å²) >= 11 is 6.28. The van der Waals surface area contributed by atoms with Crippen molar-refractivity contribution < 1.29 is 18.1 Å². The second kappa shape index (κ2) is 9.06. The Balaban J connectivity index is 1.78. The molecule has 3 aromatic carbocycles. The fraction of sp³-hybridized carbons (Fsp3) is 0.0952. The van der Waals surface area contributed by atoms with Gasteiger partial charge in [-0.3, -0.25) is 14.9 Å². The molecule has 9 heteroatoms. The fourth-order valence-electron chi connectivity index (χ4n) is 2.78. The van der Waals surface area contributed by atoms with E-state index in [0.717, 1.165) is 0 Å². The molecule has 0 aromatic heterocycles. The van der Waals surface area contributed by atoms with Crippen LogP contribution in [-0.2, 0) is 9.84 Å². The maximum Gasteiger partial charge on any atom is 0.271 e. The highest BCUT2D eigenvalue weighted by atomic mass is 35.5. The average molecular weight is 445 g/mol. The number of halogens is 1. The SMILES string of the molecule is O=C(Nc1cccc([N+](=O)[O-])c1)c1cccc(S(=O)(=O)C[C@@H](Cl)c2ccccc2)c1. The van der Waals surface area contributed by atoms with Gasteiger partial charge in [-0.05, 0) is 29.8 Å². The van der Waals surface area contributed by atoms with E-state index in [0.29, 0.717) is 5.56 Å². The largest absolute Gasteiger partial charge is 0.322 e. The average Bonchev–Trinajstić information content (AvgIpc) is 2.74. The van der Waals surface area contributed by atoms with E-state index in [-0.39, 0.29) is 27.6 Å². The van der Waals surface area contributed by atoms with Gasteiger partial charge in [0, 0.05) is 23.4 Å². The Labute approximate surface area is 178 Å². The minimum absolute atomic E-state index is 0.0317. The number of non-ortho nitro benzene ring substituents is 1. The van der Waals surface area contributed by atoms with Gasteiger partial charge in [0.05, 0.1) is 20.9 Å². The summed E-state index contributed by atoms with van der Waals surface area (Å²) in [7, 11) is -3.76. The predicted molar refractivity (Wildman–Crippen MR) is 115 cm³/mol. The van der Waals surface area contributed by atoms with Crippen LogP contribution in [0.4, 0.5) is 11.4 Å². The zero-order valence-corrected chi connectivity index (χ0v) is 17.1. The molecule has 0 heterocycles. The Hall–Kier alpha value is -3.23. The van der Waals surface area contributed by atoms with Crippen molar-refractivity contribution in [2.24, 2.45) is 0 Å². The van der Waals surface area contributed by atoms with Gasteiger partial charge in [-0.2, -0.15) is 0 Å². The first kappa shape index (κ1) is 21.5. The van der Waals surface area contributed by atoms with Crippen LogP contribution >= 0.6 is 11.6 Å². The topological polar surface area (TPSA) is 106 Å². The summed E-state index contributed by atoms with van der Waals surface area (Å²) in [6, 6.07) is 19.9. The molecule has 0 aliphatic rings. The highest BCUT2D eigenvalue weighted by Gasteiger charge is 2.22. The third kappa shape index (κ3) is 5.22. The van der Waals surface area contributed by atoms with Gasteiger partial charge < -0.3 is 5.32 Å². The number of alkyl halides is 1. The predicted octanol–water partition coefficient (Wildman–Crippen LogP) is 4.60. The van der Waals surface area contributed by atoms with Crippen molar-refractivity contribution in [3.8, 4) is 0 Å². The molecule has 3 aromatic rings. The van der Waals surface area contributed by atoms with E-state index in [1.165, 1.54) is 48.5 Å². The van der Waals surface area contributed by atoms with Gasteiger partial charge >= 0.3 is 0 Å². The first-order chi connectivity index (χ1) is 14.3. The van der Waals surface area contributed by atoms with Crippen molar-refractivity contribution in [2.75, 3.05) is 11.1 Å². The van der Waals surface area contributed by atoms with Gasteiger partial charge in [-0.1, -0.05) is 42.5 Å². The Morgan fingerprint density at radius 3 is 2.40 bits per heavy atom. The van der Waals surface area contributed by atoms with Gasteiger partial charge in [-0.15, -0.1) is 11.6 Å². The highest BCUT2D eigenvalue weighted by Crippen LogP contribution is 2.26. The number of sulfone groups is 1. The van der Waals surface area contributed by atoms with Crippen LogP contribution in [0, 0.1) is 10.1 Å². The van der Waals surface area contributed by atoms with Crippen LogP contribution in [-0.4, -0.2) is 25.0 Å². The van der Waals surface area contributed by atoms with E-state index in [9.17, 15) is 23.3 Å².